The highest BCUT2D eigenvalue weighted by molar-refractivity contribution is 6.29. The molecule has 6 nitrogen and oxygen atoms in total. The summed E-state index contributed by atoms with van der Waals surface area (Å²) in [7, 11) is 0. The lowest BCUT2D eigenvalue weighted by Gasteiger charge is -2.19. The van der Waals surface area contributed by atoms with Gasteiger partial charge < -0.3 is 25.2 Å². The highest BCUT2D eigenvalue weighted by Gasteiger charge is 2.41. The van der Waals surface area contributed by atoms with Crippen molar-refractivity contribution in [2.45, 2.75) is 31.5 Å². The number of carboxylic acid groups (broad SMARTS) is 1. The summed E-state index contributed by atoms with van der Waals surface area (Å²) in [6.45, 7) is 0.272. The first-order chi connectivity index (χ1) is 11.4. The van der Waals surface area contributed by atoms with E-state index in [9.17, 15) is 20.1 Å². The zero-order valence-corrected chi connectivity index (χ0v) is 13.8. The number of aliphatic carboxylic acids is 1. The van der Waals surface area contributed by atoms with Crippen LogP contribution in [-0.4, -0.2) is 45.2 Å². The number of phenolic OH excluding ortho intramolecular Hbond substituents is 1. The topological polar surface area (TPSA) is 107 Å². The highest BCUT2D eigenvalue weighted by Crippen LogP contribution is 2.37. The van der Waals surface area contributed by atoms with Crippen molar-refractivity contribution in [3.05, 3.63) is 35.4 Å². The first-order valence-electron chi connectivity index (χ1n) is 7.72. The van der Waals surface area contributed by atoms with Gasteiger partial charge in [-0.1, -0.05) is 23.7 Å². The predicted molar refractivity (Wildman–Crippen MR) is 88.0 cm³/mol. The molecule has 7 heteroatoms. The molecule has 0 aromatic heterocycles. The first kappa shape index (κ1) is 18.6. The number of hydrogen-bond acceptors (Lipinski definition) is 5. The van der Waals surface area contributed by atoms with E-state index in [4.69, 9.17) is 21.4 Å². The zero-order chi connectivity index (χ0) is 17.7. The lowest BCUT2D eigenvalue weighted by molar-refractivity contribution is -0.139. The molecule has 0 spiro atoms. The van der Waals surface area contributed by atoms with Gasteiger partial charge in [0.05, 0.1) is 25.2 Å². The summed E-state index contributed by atoms with van der Waals surface area (Å²) in [6, 6.07) is 6.39. The van der Waals surface area contributed by atoms with Crippen LogP contribution in [0, 0.1) is 11.8 Å². The molecule has 4 atom stereocenters. The fraction of sp³-hybridized carbons (Fsp3) is 0.471. The number of phenols is 1. The van der Waals surface area contributed by atoms with E-state index in [0.29, 0.717) is 17.2 Å². The Bertz CT molecular complexity index is 602. The van der Waals surface area contributed by atoms with Crippen LogP contribution in [0.25, 0.3) is 0 Å². The van der Waals surface area contributed by atoms with E-state index in [1.165, 1.54) is 12.1 Å². The second kappa shape index (κ2) is 8.37. The van der Waals surface area contributed by atoms with Crippen molar-refractivity contribution in [2.24, 2.45) is 11.8 Å². The van der Waals surface area contributed by atoms with Gasteiger partial charge in [0.15, 0.2) is 0 Å². The summed E-state index contributed by atoms with van der Waals surface area (Å²) in [6.07, 6.45) is 0.236. The Hall–Kier alpha value is -1.76. The Labute approximate surface area is 145 Å². The molecule has 0 heterocycles. The number of hydrogen-bond donors (Lipinski definition) is 4. The summed E-state index contributed by atoms with van der Waals surface area (Å²) >= 11 is 6.16. The summed E-state index contributed by atoms with van der Waals surface area (Å²) in [5, 5.41) is 38.6. The largest absolute Gasteiger partial charge is 0.508 e. The van der Waals surface area contributed by atoms with Gasteiger partial charge in [-0.3, -0.25) is 4.79 Å². The van der Waals surface area contributed by atoms with E-state index in [0.717, 1.165) is 0 Å². The van der Waals surface area contributed by atoms with Crippen molar-refractivity contribution >= 4 is 17.6 Å². The summed E-state index contributed by atoms with van der Waals surface area (Å²) in [5.41, 5.74) is 0. The highest BCUT2D eigenvalue weighted by atomic mass is 35.5. The van der Waals surface area contributed by atoms with Crippen molar-refractivity contribution in [3.63, 3.8) is 0 Å². The van der Waals surface area contributed by atoms with Crippen molar-refractivity contribution in [2.75, 3.05) is 6.61 Å². The Balaban J connectivity index is 1.92. The number of rotatable bonds is 7. The van der Waals surface area contributed by atoms with Crippen LogP contribution in [0.2, 0.25) is 0 Å². The molecule has 1 fully saturated rings. The van der Waals surface area contributed by atoms with Crippen LogP contribution in [0.15, 0.2) is 35.4 Å². The lowest BCUT2D eigenvalue weighted by atomic mass is 9.90. The fourth-order valence-electron chi connectivity index (χ4n) is 2.96. The smallest absolute Gasteiger partial charge is 0.303 e. The summed E-state index contributed by atoms with van der Waals surface area (Å²) < 4.78 is 5.47. The minimum atomic E-state index is -1.02. The average Bonchev–Trinajstić information content (AvgIpc) is 2.74. The van der Waals surface area contributed by atoms with Crippen LogP contribution in [-0.2, 0) is 4.79 Å². The van der Waals surface area contributed by atoms with Crippen molar-refractivity contribution in [1.82, 2.24) is 0 Å². The van der Waals surface area contributed by atoms with E-state index in [-0.39, 0.29) is 25.2 Å². The van der Waals surface area contributed by atoms with Gasteiger partial charge in [-0.15, -0.1) is 0 Å². The third-order valence-corrected chi connectivity index (χ3v) is 4.44. The molecular weight excluding hydrogens is 336 g/mol. The van der Waals surface area contributed by atoms with Crippen molar-refractivity contribution < 1.29 is 30.0 Å². The molecule has 0 aliphatic heterocycles. The molecule has 24 heavy (non-hydrogen) atoms. The number of carboxylic acids is 1. The molecule has 1 aromatic carbocycles. The Kier molecular flexibility index (Phi) is 6.48. The van der Waals surface area contributed by atoms with E-state index >= 15 is 0 Å². The monoisotopic (exact) mass is 356 g/mol. The molecule has 4 N–H and O–H groups in total. The number of aromatic hydroxyl groups is 1. The molecule has 1 saturated carbocycles. The van der Waals surface area contributed by atoms with Gasteiger partial charge >= 0.3 is 5.97 Å². The van der Waals surface area contributed by atoms with E-state index in [1.54, 1.807) is 18.2 Å². The maximum Gasteiger partial charge on any atom is 0.303 e. The lowest BCUT2D eigenvalue weighted by Crippen LogP contribution is -2.23. The first-order valence-corrected chi connectivity index (χ1v) is 8.10. The predicted octanol–water partition coefficient (Wildman–Crippen LogP) is 2.12. The molecule has 0 bridgehead atoms. The maximum atomic E-state index is 10.9. The van der Waals surface area contributed by atoms with Crippen LogP contribution in [0.4, 0.5) is 0 Å². The number of benzene rings is 1. The molecule has 132 valence electrons. The molecule has 1 aliphatic carbocycles. The number of carbonyl (C=O) groups is 1. The van der Waals surface area contributed by atoms with Crippen LogP contribution in [0.1, 0.15) is 19.3 Å². The minimum absolute atomic E-state index is 0.105. The van der Waals surface area contributed by atoms with Crippen molar-refractivity contribution in [1.29, 1.82) is 0 Å². The van der Waals surface area contributed by atoms with Gasteiger partial charge in [-0.2, -0.15) is 0 Å². The maximum absolute atomic E-state index is 10.9. The van der Waals surface area contributed by atoms with Gasteiger partial charge in [0, 0.05) is 35.8 Å². The van der Waals surface area contributed by atoms with Gasteiger partial charge in [-0.25, -0.2) is 0 Å². The second-order valence-corrected chi connectivity index (χ2v) is 6.40. The molecule has 0 amide bonds. The number of aliphatic hydroxyl groups excluding tert-OH is 2. The van der Waals surface area contributed by atoms with E-state index < -0.39 is 30.0 Å². The molecular formula is C17H21ClO6. The second-order valence-electron chi connectivity index (χ2n) is 5.92. The minimum Gasteiger partial charge on any atom is -0.508 e. The quantitative estimate of drug-likeness (QED) is 0.596. The van der Waals surface area contributed by atoms with Gasteiger partial charge in [-0.05, 0) is 12.1 Å². The standard InChI is InChI=1S/C17H21ClO6/c18-10(4-5-24-12-3-1-2-11(19)7-12)6-13-14(8-17(22)23)16(21)9-15(13)20/h1-3,6-7,13-16,19-21H,4-5,8-9H2,(H,22,23)/t13-,14-,15+,16+/m0/s1. The van der Waals surface area contributed by atoms with Crippen LogP contribution in [0.5, 0.6) is 11.5 Å². The zero-order valence-electron chi connectivity index (χ0n) is 13.0. The Morgan fingerprint density at radius 1 is 1.33 bits per heavy atom. The Morgan fingerprint density at radius 2 is 2.08 bits per heavy atom. The normalized spacial score (nSPS) is 27.2. The number of aliphatic hydroxyl groups is 2. The van der Waals surface area contributed by atoms with Crippen molar-refractivity contribution in [3.8, 4) is 11.5 Å². The average molecular weight is 357 g/mol. The van der Waals surface area contributed by atoms with Crippen LogP contribution in [0.3, 0.4) is 0 Å². The summed E-state index contributed by atoms with van der Waals surface area (Å²) in [5.74, 6) is -1.45. The molecule has 0 radical (unpaired) electrons. The summed E-state index contributed by atoms with van der Waals surface area (Å²) in [4.78, 5) is 10.9. The van der Waals surface area contributed by atoms with Gasteiger partial charge in [0.25, 0.3) is 0 Å². The van der Waals surface area contributed by atoms with E-state index in [1.807, 2.05) is 0 Å². The third kappa shape index (κ3) is 5.12. The van der Waals surface area contributed by atoms with Gasteiger partial charge in [0.1, 0.15) is 11.5 Å². The molecule has 0 saturated heterocycles. The number of halogens is 1. The third-order valence-electron chi connectivity index (χ3n) is 4.13. The number of ether oxygens (including phenoxy) is 1. The molecule has 1 aromatic rings. The molecule has 2 rings (SSSR count). The van der Waals surface area contributed by atoms with Gasteiger partial charge in [0.2, 0.25) is 0 Å². The fourth-order valence-corrected chi connectivity index (χ4v) is 3.18. The van der Waals surface area contributed by atoms with Crippen LogP contribution < -0.4 is 4.74 Å². The molecule has 1 aliphatic rings. The van der Waals surface area contributed by atoms with E-state index in [2.05, 4.69) is 0 Å². The van der Waals surface area contributed by atoms with Crippen LogP contribution >= 0.6 is 11.6 Å². The SMILES string of the molecule is O=C(O)C[C@H]1[C@H](C=C(Cl)CCOc2cccc(O)c2)[C@H](O)C[C@H]1O. The molecule has 0 unspecified atom stereocenters. The Morgan fingerprint density at radius 3 is 2.75 bits per heavy atom.